The van der Waals surface area contributed by atoms with Crippen molar-refractivity contribution in [2.24, 2.45) is 0 Å². The number of unbranched alkanes of at least 4 members (excludes halogenated alkanes) is 42. The Morgan fingerprint density at radius 2 is 0.526 bits per heavy atom. The molecule has 0 bridgehead atoms. The molecule has 0 N–H and O–H groups in total. The highest BCUT2D eigenvalue weighted by molar-refractivity contribution is 5.71. The number of allylic oxidation sites excluding steroid dienone is 10. The fraction of sp³-hybridized carbons (Fsp3) is 0.819. The largest absolute Gasteiger partial charge is 0.462 e. The average molecular weight is 1090 g/mol. The quantitative estimate of drug-likeness (QED) is 0.0261. The van der Waals surface area contributed by atoms with Gasteiger partial charge in [0.05, 0.1) is 0 Å². The van der Waals surface area contributed by atoms with Gasteiger partial charge in [-0.15, -0.1) is 0 Å². The van der Waals surface area contributed by atoms with Crippen LogP contribution in [0.5, 0.6) is 0 Å². The minimum atomic E-state index is -0.809. The van der Waals surface area contributed by atoms with Gasteiger partial charge in [0, 0.05) is 19.3 Å². The van der Waals surface area contributed by atoms with Crippen LogP contribution in [-0.4, -0.2) is 37.2 Å². The highest BCUT2D eigenvalue weighted by Crippen LogP contribution is 2.18. The third-order valence-electron chi connectivity index (χ3n) is 15.3. The van der Waals surface area contributed by atoms with Crippen molar-refractivity contribution in [3.8, 4) is 0 Å². The number of rotatable bonds is 63. The molecule has 0 heterocycles. The Hall–Kier alpha value is -2.89. The smallest absolute Gasteiger partial charge is 0.306 e. The standard InChI is InChI=1S/C72H130O6/c1-4-7-10-13-16-19-22-25-26-27-28-29-30-31-32-33-34-35-36-37-38-39-40-41-42-43-44-45-46-48-50-53-56-59-62-65-71(74)77-68-69(67-76-70(73)64-61-58-55-52-49-24-21-18-15-12-9-6-3)78-72(75)66-63-60-57-54-51-47-23-20-17-14-11-8-5-2/h8,11,17,20,27-28,47,51,57,60,69H,4-7,9-10,12-16,18-19,21-26,29-46,48-50,52-56,58-59,61-68H2,1-3H3/b11-8-,20-17-,28-27-,51-47-,60-57-. The first-order chi connectivity index (χ1) is 38.5. The van der Waals surface area contributed by atoms with Gasteiger partial charge >= 0.3 is 17.9 Å². The molecule has 0 aliphatic carbocycles. The molecule has 0 radical (unpaired) electrons. The SMILES string of the molecule is CC/C=C\C/C=C\C/C=C\C/C=C\CCC(=O)OC(COC(=O)CCCCCCCCCCCCCC)COC(=O)CCCCCCCCCCCCCCCCCCCCCCCCC/C=C\CCCCCCCCCC. The van der Waals surface area contributed by atoms with E-state index in [1.54, 1.807) is 0 Å². The predicted molar refractivity (Wildman–Crippen MR) is 339 cm³/mol. The van der Waals surface area contributed by atoms with Gasteiger partial charge in [0.15, 0.2) is 6.10 Å². The molecule has 6 nitrogen and oxygen atoms in total. The second-order valence-electron chi connectivity index (χ2n) is 23.1. The minimum Gasteiger partial charge on any atom is -0.462 e. The van der Waals surface area contributed by atoms with Crippen molar-refractivity contribution in [1.29, 1.82) is 0 Å². The summed E-state index contributed by atoms with van der Waals surface area (Å²) in [6, 6.07) is 0. The fourth-order valence-corrected chi connectivity index (χ4v) is 10.2. The topological polar surface area (TPSA) is 78.9 Å². The van der Waals surface area contributed by atoms with E-state index in [0.29, 0.717) is 19.3 Å². The fourth-order valence-electron chi connectivity index (χ4n) is 10.2. The van der Waals surface area contributed by atoms with Gasteiger partial charge in [-0.05, 0) is 70.6 Å². The second kappa shape index (κ2) is 66.6. The number of carbonyl (C=O) groups excluding carboxylic acids is 3. The number of carbonyl (C=O) groups is 3. The lowest BCUT2D eigenvalue weighted by molar-refractivity contribution is -0.166. The average Bonchev–Trinajstić information content (AvgIpc) is 3.44. The van der Waals surface area contributed by atoms with Crippen LogP contribution in [0.3, 0.4) is 0 Å². The lowest BCUT2D eigenvalue weighted by atomic mass is 10.0. The Kier molecular flexibility index (Phi) is 64.2. The Bertz CT molecular complexity index is 1390. The van der Waals surface area contributed by atoms with Gasteiger partial charge < -0.3 is 14.2 Å². The summed E-state index contributed by atoms with van der Waals surface area (Å²) in [6.45, 7) is 6.50. The third kappa shape index (κ3) is 63.9. The summed E-state index contributed by atoms with van der Waals surface area (Å²) >= 11 is 0. The molecule has 6 heteroatoms. The van der Waals surface area contributed by atoms with Crippen LogP contribution in [0.1, 0.15) is 361 Å². The Morgan fingerprint density at radius 1 is 0.269 bits per heavy atom. The van der Waals surface area contributed by atoms with Gasteiger partial charge in [0.1, 0.15) is 13.2 Å². The third-order valence-corrected chi connectivity index (χ3v) is 15.3. The number of esters is 3. The van der Waals surface area contributed by atoms with E-state index in [0.717, 1.165) is 64.2 Å². The normalized spacial score (nSPS) is 12.4. The molecular weight excluding hydrogens is 961 g/mol. The van der Waals surface area contributed by atoms with Gasteiger partial charge in [-0.1, -0.05) is 332 Å². The molecule has 1 unspecified atom stereocenters. The zero-order valence-electron chi connectivity index (χ0n) is 52.2. The van der Waals surface area contributed by atoms with Crippen LogP contribution >= 0.6 is 0 Å². The van der Waals surface area contributed by atoms with Crippen LogP contribution in [0.15, 0.2) is 60.8 Å². The zero-order chi connectivity index (χ0) is 56.4. The van der Waals surface area contributed by atoms with E-state index in [1.165, 1.54) is 250 Å². The monoisotopic (exact) mass is 1090 g/mol. The highest BCUT2D eigenvalue weighted by Gasteiger charge is 2.19. The van der Waals surface area contributed by atoms with E-state index in [2.05, 4.69) is 75.5 Å². The van der Waals surface area contributed by atoms with Crippen LogP contribution < -0.4 is 0 Å². The molecule has 0 amide bonds. The molecule has 0 rings (SSSR count). The first kappa shape index (κ1) is 75.1. The lowest BCUT2D eigenvalue weighted by Crippen LogP contribution is -2.30. The van der Waals surface area contributed by atoms with Crippen LogP contribution in [-0.2, 0) is 28.6 Å². The molecule has 0 aromatic heterocycles. The van der Waals surface area contributed by atoms with Gasteiger partial charge in [-0.25, -0.2) is 0 Å². The van der Waals surface area contributed by atoms with E-state index in [4.69, 9.17) is 14.2 Å². The van der Waals surface area contributed by atoms with Crippen molar-refractivity contribution in [3.63, 3.8) is 0 Å². The molecule has 0 saturated carbocycles. The van der Waals surface area contributed by atoms with Crippen LogP contribution in [0, 0.1) is 0 Å². The summed E-state index contributed by atoms with van der Waals surface area (Å²) in [6.07, 6.45) is 85.8. The van der Waals surface area contributed by atoms with Crippen LogP contribution in [0.4, 0.5) is 0 Å². The Morgan fingerprint density at radius 3 is 0.833 bits per heavy atom. The van der Waals surface area contributed by atoms with Crippen molar-refractivity contribution < 1.29 is 28.6 Å². The molecule has 0 aromatic carbocycles. The maximum Gasteiger partial charge on any atom is 0.306 e. The molecular formula is C72H130O6. The summed E-state index contributed by atoms with van der Waals surface area (Å²) in [5.41, 5.74) is 0. The van der Waals surface area contributed by atoms with Crippen molar-refractivity contribution in [2.45, 2.75) is 367 Å². The first-order valence-corrected chi connectivity index (χ1v) is 34.3. The molecule has 0 spiro atoms. The van der Waals surface area contributed by atoms with E-state index in [1.807, 2.05) is 6.08 Å². The summed E-state index contributed by atoms with van der Waals surface area (Å²) in [4.78, 5) is 38.1. The van der Waals surface area contributed by atoms with Gasteiger partial charge in [0.25, 0.3) is 0 Å². The lowest BCUT2D eigenvalue weighted by Gasteiger charge is -2.18. The molecule has 0 saturated heterocycles. The van der Waals surface area contributed by atoms with Crippen molar-refractivity contribution in [2.75, 3.05) is 13.2 Å². The highest BCUT2D eigenvalue weighted by atomic mass is 16.6. The van der Waals surface area contributed by atoms with Gasteiger partial charge in [-0.2, -0.15) is 0 Å². The second-order valence-corrected chi connectivity index (χ2v) is 23.1. The molecule has 0 fully saturated rings. The van der Waals surface area contributed by atoms with Crippen molar-refractivity contribution >= 4 is 17.9 Å². The molecule has 1 atom stereocenters. The van der Waals surface area contributed by atoms with E-state index < -0.39 is 6.10 Å². The molecule has 78 heavy (non-hydrogen) atoms. The van der Waals surface area contributed by atoms with Crippen molar-refractivity contribution in [3.05, 3.63) is 60.8 Å². The number of hydrogen-bond acceptors (Lipinski definition) is 6. The van der Waals surface area contributed by atoms with Crippen LogP contribution in [0.2, 0.25) is 0 Å². The molecule has 454 valence electrons. The minimum absolute atomic E-state index is 0.0983. The molecule has 0 aromatic rings. The van der Waals surface area contributed by atoms with Gasteiger partial charge in [-0.3, -0.25) is 14.4 Å². The molecule has 0 aliphatic heterocycles. The maximum absolute atomic E-state index is 12.8. The van der Waals surface area contributed by atoms with Crippen LogP contribution in [0.25, 0.3) is 0 Å². The first-order valence-electron chi connectivity index (χ1n) is 34.3. The maximum atomic E-state index is 12.8. The zero-order valence-corrected chi connectivity index (χ0v) is 52.2. The Balaban J connectivity index is 4.03. The molecule has 0 aliphatic rings. The van der Waals surface area contributed by atoms with Crippen molar-refractivity contribution in [1.82, 2.24) is 0 Å². The summed E-state index contributed by atoms with van der Waals surface area (Å²) in [5, 5.41) is 0. The predicted octanol–water partition coefficient (Wildman–Crippen LogP) is 23.5. The van der Waals surface area contributed by atoms with E-state index in [-0.39, 0.29) is 37.5 Å². The Labute approximate surface area is 485 Å². The van der Waals surface area contributed by atoms with E-state index >= 15 is 0 Å². The number of hydrogen-bond donors (Lipinski definition) is 0. The number of ether oxygens (including phenoxy) is 3. The van der Waals surface area contributed by atoms with E-state index in [9.17, 15) is 14.4 Å². The summed E-state index contributed by atoms with van der Waals surface area (Å²) in [5.74, 6) is -0.963. The summed E-state index contributed by atoms with van der Waals surface area (Å²) in [7, 11) is 0. The van der Waals surface area contributed by atoms with Gasteiger partial charge in [0.2, 0.25) is 0 Å². The summed E-state index contributed by atoms with van der Waals surface area (Å²) < 4.78 is 16.8.